The second-order valence-electron chi connectivity index (χ2n) is 6.85. The van der Waals surface area contributed by atoms with Crippen molar-refractivity contribution in [2.24, 2.45) is 11.8 Å². The van der Waals surface area contributed by atoms with E-state index in [0.29, 0.717) is 23.8 Å². The van der Waals surface area contributed by atoms with Crippen LogP contribution in [0.3, 0.4) is 0 Å². The Balaban J connectivity index is 2.21. The van der Waals surface area contributed by atoms with E-state index < -0.39 is 11.2 Å². The topological polar surface area (TPSA) is 46.5 Å². The number of rotatable bonds is 2. The van der Waals surface area contributed by atoms with E-state index in [4.69, 9.17) is 4.74 Å². The van der Waals surface area contributed by atoms with Gasteiger partial charge in [-0.3, -0.25) is 0 Å². The Kier molecular flexibility index (Phi) is 3.30. The molecule has 0 aliphatic heterocycles. The standard InChI is InChI=1S/C15H24O3/c1-10(2)13(16)18-15-6-11(3)5-12(8-15)7-14(4,17)9-15/h11-12,17H,1,5-9H2,2-4H3. The van der Waals surface area contributed by atoms with Crippen molar-refractivity contribution < 1.29 is 14.6 Å². The maximum absolute atomic E-state index is 11.8. The van der Waals surface area contributed by atoms with Crippen LogP contribution in [0.25, 0.3) is 0 Å². The molecule has 2 bridgehead atoms. The van der Waals surface area contributed by atoms with Gasteiger partial charge in [0.05, 0.1) is 5.60 Å². The molecule has 102 valence electrons. The van der Waals surface area contributed by atoms with Crippen LogP contribution in [-0.2, 0) is 9.53 Å². The van der Waals surface area contributed by atoms with Crippen molar-refractivity contribution in [2.45, 2.75) is 64.1 Å². The number of aliphatic hydroxyl groups is 1. The highest BCUT2D eigenvalue weighted by atomic mass is 16.6. The average molecular weight is 252 g/mol. The molecule has 2 aliphatic rings. The van der Waals surface area contributed by atoms with Gasteiger partial charge < -0.3 is 9.84 Å². The number of esters is 1. The minimum atomic E-state index is -0.710. The van der Waals surface area contributed by atoms with Crippen LogP contribution < -0.4 is 0 Å². The molecule has 4 atom stereocenters. The van der Waals surface area contributed by atoms with Gasteiger partial charge in [0.15, 0.2) is 0 Å². The van der Waals surface area contributed by atoms with E-state index in [1.807, 2.05) is 6.92 Å². The van der Waals surface area contributed by atoms with Gasteiger partial charge in [0, 0.05) is 12.0 Å². The van der Waals surface area contributed by atoms with Gasteiger partial charge in [0.1, 0.15) is 5.60 Å². The Hall–Kier alpha value is -0.830. The highest BCUT2D eigenvalue weighted by molar-refractivity contribution is 5.87. The van der Waals surface area contributed by atoms with Gasteiger partial charge in [0.2, 0.25) is 0 Å². The number of hydrogen-bond donors (Lipinski definition) is 1. The van der Waals surface area contributed by atoms with Crippen molar-refractivity contribution in [3.05, 3.63) is 12.2 Å². The molecule has 3 heteroatoms. The van der Waals surface area contributed by atoms with Crippen LogP contribution in [0.4, 0.5) is 0 Å². The highest BCUT2D eigenvalue weighted by Crippen LogP contribution is 2.50. The lowest BCUT2D eigenvalue weighted by atomic mass is 9.61. The second-order valence-corrected chi connectivity index (χ2v) is 6.85. The summed E-state index contributed by atoms with van der Waals surface area (Å²) >= 11 is 0. The molecule has 0 spiro atoms. The average Bonchev–Trinajstić information content (AvgIpc) is 2.11. The summed E-state index contributed by atoms with van der Waals surface area (Å²) in [4.78, 5) is 11.8. The fourth-order valence-electron chi connectivity index (χ4n) is 4.07. The van der Waals surface area contributed by atoms with Crippen LogP contribution in [0.1, 0.15) is 52.9 Å². The van der Waals surface area contributed by atoms with Crippen LogP contribution in [-0.4, -0.2) is 22.3 Å². The fraction of sp³-hybridized carbons (Fsp3) is 0.800. The molecule has 1 N–H and O–H groups in total. The maximum atomic E-state index is 11.8. The molecule has 4 unspecified atom stereocenters. The Labute approximate surface area is 109 Å². The molecule has 3 nitrogen and oxygen atoms in total. The van der Waals surface area contributed by atoms with Crippen LogP contribution in [0.2, 0.25) is 0 Å². The number of hydrogen-bond acceptors (Lipinski definition) is 3. The highest BCUT2D eigenvalue weighted by Gasteiger charge is 2.51. The van der Waals surface area contributed by atoms with Crippen molar-refractivity contribution in [3.63, 3.8) is 0 Å². The van der Waals surface area contributed by atoms with Crippen LogP contribution in [0.15, 0.2) is 12.2 Å². The first-order valence-corrected chi connectivity index (χ1v) is 6.83. The van der Waals surface area contributed by atoms with Gasteiger partial charge >= 0.3 is 5.97 Å². The van der Waals surface area contributed by atoms with Crippen molar-refractivity contribution >= 4 is 5.97 Å². The number of carbonyl (C=O) groups excluding carboxylic acids is 1. The summed E-state index contributed by atoms with van der Waals surface area (Å²) < 4.78 is 5.72. The van der Waals surface area contributed by atoms with Crippen LogP contribution in [0.5, 0.6) is 0 Å². The lowest BCUT2D eigenvalue weighted by molar-refractivity contribution is -0.185. The Morgan fingerprint density at radius 2 is 2.06 bits per heavy atom. The van der Waals surface area contributed by atoms with Crippen molar-refractivity contribution in [2.75, 3.05) is 0 Å². The van der Waals surface area contributed by atoms with Crippen molar-refractivity contribution in [1.29, 1.82) is 0 Å². The zero-order chi connectivity index (χ0) is 13.6. The first-order valence-electron chi connectivity index (χ1n) is 6.83. The van der Waals surface area contributed by atoms with Crippen molar-refractivity contribution in [1.82, 2.24) is 0 Å². The number of fused-ring (bicyclic) bond motifs is 2. The minimum absolute atomic E-state index is 0.319. The van der Waals surface area contributed by atoms with E-state index in [2.05, 4.69) is 13.5 Å². The fourth-order valence-corrected chi connectivity index (χ4v) is 4.07. The maximum Gasteiger partial charge on any atom is 0.333 e. The lowest BCUT2D eigenvalue weighted by Crippen LogP contribution is -2.53. The quantitative estimate of drug-likeness (QED) is 0.607. The van der Waals surface area contributed by atoms with Crippen LogP contribution in [0, 0.1) is 11.8 Å². The van der Waals surface area contributed by atoms with E-state index in [-0.39, 0.29) is 5.97 Å². The number of ether oxygens (including phenoxy) is 1. The molecule has 0 saturated heterocycles. The first-order chi connectivity index (χ1) is 8.21. The van der Waals surface area contributed by atoms with Gasteiger partial charge in [-0.2, -0.15) is 0 Å². The molecule has 2 aliphatic carbocycles. The Morgan fingerprint density at radius 3 is 2.67 bits per heavy atom. The third-order valence-corrected chi connectivity index (χ3v) is 4.21. The molecule has 2 rings (SSSR count). The molecule has 0 heterocycles. The number of carbonyl (C=O) groups is 1. The van der Waals surface area contributed by atoms with Gasteiger partial charge in [-0.15, -0.1) is 0 Å². The molecule has 0 amide bonds. The summed E-state index contributed by atoms with van der Waals surface area (Å²) in [7, 11) is 0. The first kappa shape index (κ1) is 13.6. The lowest BCUT2D eigenvalue weighted by Gasteiger charge is -2.51. The molecule has 0 radical (unpaired) electrons. The molecule has 2 saturated carbocycles. The predicted molar refractivity (Wildman–Crippen MR) is 70.0 cm³/mol. The van der Waals surface area contributed by atoms with E-state index in [9.17, 15) is 9.90 Å². The summed E-state index contributed by atoms with van der Waals surface area (Å²) in [5, 5.41) is 10.4. The largest absolute Gasteiger partial charge is 0.456 e. The minimum Gasteiger partial charge on any atom is -0.456 e. The zero-order valence-corrected chi connectivity index (χ0v) is 11.7. The molecular weight excluding hydrogens is 228 g/mol. The Morgan fingerprint density at radius 1 is 1.39 bits per heavy atom. The normalized spacial score (nSPS) is 43.3. The Bertz CT molecular complexity index is 368. The summed E-state index contributed by atoms with van der Waals surface area (Å²) in [5.74, 6) is 0.703. The third kappa shape index (κ3) is 2.77. The molecule has 18 heavy (non-hydrogen) atoms. The van der Waals surface area contributed by atoms with Crippen molar-refractivity contribution in [3.8, 4) is 0 Å². The van der Waals surface area contributed by atoms with Gasteiger partial charge in [-0.25, -0.2) is 4.79 Å². The van der Waals surface area contributed by atoms with E-state index in [1.54, 1.807) is 6.92 Å². The summed E-state index contributed by atoms with van der Waals surface area (Å²) in [6.45, 7) is 9.38. The molecular formula is C15H24O3. The van der Waals surface area contributed by atoms with E-state index in [1.165, 1.54) is 0 Å². The summed E-state index contributed by atoms with van der Waals surface area (Å²) in [6, 6.07) is 0. The van der Waals surface area contributed by atoms with Gasteiger partial charge in [-0.05, 0) is 51.4 Å². The monoisotopic (exact) mass is 252 g/mol. The zero-order valence-electron chi connectivity index (χ0n) is 11.7. The van der Waals surface area contributed by atoms with E-state index in [0.717, 1.165) is 25.7 Å². The van der Waals surface area contributed by atoms with Gasteiger partial charge in [0.25, 0.3) is 0 Å². The second kappa shape index (κ2) is 4.37. The van der Waals surface area contributed by atoms with Crippen LogP contribution >= 0.6 is 0 Å². The SMILES string of the molecule is C=C(C)C(=O)OC12CC(C)CC(CC(C)(O)C1)C2. The molecule has 0 aromatic rings. The van der Waals surface area contributed by atoms with E-state index >= 15 is 0 Å². The summed E-state index contributed by atoms with van der Waals surface area (Å²) in [5.41, 5.74) is -0.747. The molecule has 0 aromatic carbocycles. The predicted octanol–water partition coefficient (Wildman–Crippen LogP) is 2.83. The third-order valence-electron chi connectivity index (χ3n) is 4.21. The summed E-state index contributed by atoms with van der Waals surface area (Å²) in [6.07, 6.45) is 4.26. The van der Waals surface area contributed by atoms with Gasteiger partial charge in [-0.1, -0.05) is 13.5 Å². The smallest absolute Gasteiger partial charge is 0.333 e. The molecule has 0 aromatic heterocycles. The molecule has 2 fully saturated rings.